The number of hydrogen-bond acceptors (Lipinski definition) is 13. The zero-order chi connectivity index (χ0) is 46.5. The molecule has 2 saturated carbocycles. The Morgan fingerprint density at radius 1 is 0.908 bits per heavy atom. The highest BCUT2D eigenvalue weighted by molar-refractivity contribution is 6.37. The Morgan fingerprint density at radius 2 is 1.63 bits per heavy atom. The predicted molar refractivity (Wildman–Crippen MR) is 240 cm³/mol. The first-order valence-corrected chi connectivity index (χ1v) is 22.9. The molecule has 19 heteroatoms. The molecule has 0 radical (unpaired) electrons. The van der Waals surface area contributed by atoms with Gasteiger partial charge in [-0.05, 0) is 129 Å². The summed E-state index contributed by atoms with van der Waals surface area (Å²) in [6.45, 7) is 4.38. The molecule has 6 rings (SSSR count). The number of carbonyl (C=O) groups is 2. The third-order valence-electron chi connectivity index (χ3n) is 12.4. The highest BCUT2D eigenvalue weighted by Gasteiger charge is 2.60. The van der Waals surface area contributed by atoms with E-state index in [1.54, 1.807) is 19.2 Å². The van der Waals surface area contributed by atoms with Gasteiger partial charge < -0.3 is 43.9 Å². The maximum atomic E-state index is 14.6. The van der Waals surface area contributed by atoms with Crippen molar-refractivity contribution in [2.45, 2.75) is 95.7 Å². The molecule has 2 N–H and O–H groups in total. The van der Waals surface area contributed by atoms with E-state index in [1.165, 1.54) is 0 Å². The Hall–Kier alpha value is -5.10. The minimum Gasteiger partial charge on any atom is -0.493 e. The lowest BCUT2D eigenvalue weighted by atomic mass is 9.80. The second-order valence-electron chi connectivity index (χ2n) is 17.2. The third-order valence-corrected chi connectivity index (χ3v) is 13.0. The number of hydrogen-bond donors (Lipinski definition) is 2. The maximum absolute atomic E-state index is 14.6. The second-order valence-corrected chi connectivity index (χ2v) is 18.0. The number of unbranched alkanes of at least 4 members (excludes halogenated alkanes) is 1. The van der Waals surface area contributed by atoms with E-state index in [1.807, 2.05) is 48.2 Å². The molecule has 0 spiro atoms. The number of methoxy groups -OCH3 is 1. The zero-order valence-electron chi connectivity index (χ0n) is 36.8. The molecule has 0 unspecified atom stereocenters. The van der Waals surface area contributed by atoms with E-state index in [-0.39, 0.29) is 55.9 Å². The number of carboxylic acids is 1. The number of nitrogens with one attached hydrogen (secondary N) is 1. The molecule has 1 saturated heterocycles. The highest BCUT2D eigenvalue weighted by Crippen LogP contribution is 2.56. The van der Waals surface area contributed by atoms with Gasteiger partial charge in [-0.1, -0.05) is 54.2 Å². The molecule has 65 heavy (non-hydrogen) atoms. The van der Waals surface area contributed by atoms with Crippen LogP contribution in [0.15, 0.2) is 54.6 Å². The topological polar surface area (TPSA) is 211 Å². The summed E-state index contributed by atoms with van der Waals surface area (Å²) in [6.07, 6.45) is 4.61. The summed E-state index contributed by atoms with van der Waals surface area (Å²) in [7, 11) is 1.66. The Kier molecular flexibility index (Phi) is 17.7. The molecule has 3 aliphatic rings. The number of nitrogens with zero attached hydrogens (tertiary/aromatic N) is 3. The van der Waals surface area contributed by atoms with Crippen molar-refractivity contribution in [3.63, 3.8) is 0 Å². The van der Waals surface area contributed by atoms with Gasteiger partial charge in [0.1, 0.15) is 37.4 Å². The van der Waals surface area contributed by atoms with Crippen molar-refractivity contribution in [1.82, 2.24) is 10.2 Å². The van der Waals surface area contributed by atoms with E-state index in [4.69, 9.17) is 42.1 Å². The minimum atomic E-state index is -1.14. The molecule has 3 aromatic carbocycles. The summed E-state index contributed by atoms with van der Waals surface area (Å²) in [5.74, 6) is 0.361. The highest BCUT2D eigenvalue weighted by atomic mass is 35.5. The summed E-state index contributed by atoms with van der Waals surface area (Å²) in [5.41, 5.74) is 2.97. The van der Waals surface area contributed by atoms with E-state index < -0.39 is 34.3 Å². The average Bonchev–Trinajstić information content (AvgIpc) is 4.21. The van der Waals surface area contributed by atoms with Gasteiger partial charge in [-0.15, -0.1) is 20.2 Å². The zero-order valence-corrected chi connectivity index (χ0v) is 38.3. The summed E-state index contributed by atoms with van der Waals surface area (Å²) in [5, 5.41) is 33.9. The molecule has 5 atom stereocenters. The molecule has 0 aromatic heterocycles. The number of piperidine rings is 1. The lowest BCUT2D eigenvalue weighted by molar-refractivity contribution is -0.790. The van der Waals surface area contributed by atoms with E-state index >= 15 is 0 Å². The fourth-order valence-corrected chi connectivity index (χ4v) is 9.53. The van der Waals surface area contributed by atoms with Gasteiger partial charge in [-0.2, -0.15) is 0 Å². The van der Waals surface area contributed by atoms with E-state index in [0.717, 1.165) is 60.9 Å². The standard InChI is InChI=1S/C46H58Cl2N4O13/c1-30-20-41(47)43(42(48)21-30)62-19-18-61-36-12-8-33(9-13-36)39-14-16-49-26-40(39)44(53)50(35-10-11-35)27-32-22-31(6-5-17-60-2)23-38(24-32)63-28-34-25-46(34,45(54)55)15-4-3-7-37(65-52(58)59)29-64-51(56)57/h8-9,12-13,20-24,34-35,37,39-40,49H,3-7,10-11,14-19,25-29H2,1-2H3,(H,54,55)/t34-,37+,39+,40-,46+/m0/s1. The first-order chi connectivity index (χ1) is 31.3. The number of aliphatic carboxylic acids is 1. The van der Waals surface area contributed by atoms with Gasteiger partial charge >= 0.3 is 5.97 Å². The van der Waals surface area contributed by atoms with Gasteiger partial charge in [0.2, 0.25) is 5.91 Å². The lowest BCUT2D eigenvalue weighted by Gasteiger charge is -2.36. The summed E-state index contributed by atoms with van der Waals surface area (Å²) >= 11 is 12.6. The summed E-state index contributed by atoms with van der Waals surface area (Å²) < 4.78 is 23.4. The number of halogens is 2. The van der Waals surface area contributed by atoms with Crippen LogP contribution in [0, 0.1) is 44.4 Å². The number of carbonyl (C=O) groups excluding carboxylic acids is 1. The number of amides is 1. The van der Waals surface area contributed by atoms with Gasteiger partial charge in [0.15, 0.2) is 5.75 Å². The Balaban J connectivity index is 1.07. The van der Waals surface area contributed by atoms with Gasteiger partial charge in [0.05, 0.1) is 28.0 Å². The Bertz CT molecular complexity index is 2090. The van der Waals surface area contributed by atoms with E-state index in [2.05, 4.69) is 21.1 Å². The quantitative estimate of drug-likeness (QED) is 0.0401. The van der Waals surface area contributed by atoms with Crippen molar-refractivity contribution in [2.75, 3.05) is 53.2 Å². The van der Waals surface area contributed by atoms with E-state index in [0.29, 0.717) is 72.7 Å². The normalized spacial score (nSPS) is 20.6. The number of aryl methyl sites for hydroxylation is 2. The molecule has 3 fully saturated rings. The molecule has 1 aliphatic heterocycles. The third kappa shape index (κ3) is 14.2. The van der Waals surface area contributed by atoms with Crippen molar-refractivity contribution in [3.05, 3.63) is 107 Å². The predicted octanol–water partition coefficient (Wildman–Crippen LogP) is 8.04. The van der Waals surface area contributed by atoms with Gasteiger partial charge in [-0.25, -0.2) is 0 Å². The summed E-state index contributed by atoms with van der Waals surface area (Å²) in [4.78, 5) is 59.3. The van der Waals surface area contributed by atoms with Crippen LogP contribution in [0.3, 0.4) is 0 Å². The lowest BCUT2D eigenvalue weighted by Crippen LogP contribution is -2.47. The average molecular weight is 946 g/mol. The van der Waals surface area contributed by atoms with Crippen LogP contribution in [0.5, 0.6) is 17.2 Å². The fourth-order valence-electron chi connectivity index (χ4n) is 8.82. The number of ether oxygens (including phenoxy) is 4. The van der Waals surface area contributed by atoms with E-state index in [9.17, 15) is 34.9 Å². The van der Waals surface area contributed by atoms with Crippen LogP contribution in [0.1, 0.15) is 86.0 Å². The van der Waals surface area contributed by atoms with Crippen molar-refractivity contribution in [3.8, 4) is 17.2 Å². The van der Waals surface area contributed by atoms with Gasteiger partial charge in [-0.3, -0.25) is 9.59 Å². The molecular formula is C46H58Cl2N4O13. The molecular weight excluding hydrogens is 887 g/mol. The van der Waals surface area contributed by atoms with Gasteiger partial charge in [0, 0.05) is 38.8 Å². The first-order valence-electron chi connectivity index (χ1n) is 22.1. The van der Waals surface area contributed by atoms with Crippen LogP contribution in [-0.2, 0) is 37.0 Å². The number of rotatable bonds is 28. The van der Waals surface area contributed by atoms with Crippen LogP contribution in [-0.4, -0.2) is 97.4 Å². The van der Waals surface area contributed by atoms with Crippen LogP contribution >= 0.6 is 23.2 Å². The molecule has 1 heterocycles. The SMILES string of the molecule is COCCCc1cc(CN(C(=O)[C@H]2CNCC[C@@H]2c2ccc(OCCOc3c(Cl)cc(C)cc3Cl)cc2)C2CC2)cc(OC[C@@H]2C[C@@]2(CCCC[C@H](CO[N+](=O)[O-])O[N+](=O)[O-])C(=O)O)c1. The second kappa shape index (κ2) is 23.4. The molecule has 3 aromatic rings. The molecule has 0 bridgehead atoms. The van der Waals surface area contributed by atoms with Crippen LogP contribution in [0.4, 0.5) is 0 Å². The molecule has 2 aliphatic carbocycles. The van der Waals surface area contributed by atoms with Crippen molar-refractivity contribution < 1.29 is 53.5 Å². The molecule has 354 valence electrons. The fraction of sp³-hybridized carbons (Fsp3) is 0.565. The number of carboxylic acid groups (broad SMARTS) is 1. The van der Waals surface area contributed by atoms with Gasteiger partial charge in [0.25, 0.3) is 10.2 Å². The van der Waals surface area contributed by atoms with Crippen LogP contribution in [0.2, 0.25) is 10.0 Å². The largest absolute Gasteiger partial charge is 0.493 e. The van der Waals surface area contributed by atoms with Crippen molar-refractivity contribution in [2.24, 2.45) is 17.3 Å². The molecule has 17 nitrogen and oxygen atoms in total. The summed E-state index contributed by atoms with van der Waals surface area (Å²) in [6, 6.07) is 17.7. The minimum absolute atomic E-state index is 0.0129. The monoisotopic (exact) mass is 944 g/mol. The maximum Gasteiger partial charge on any atom is 0.310 e. The van der Waals surface area contributed by atoms with Crippen molar-refractivity contribution >= 4 is 35.1 Å². The smallest absolute Gasteiger partial charge is 0.310 e. The number of benzene rings is 3. The first kappa shape index (κ1) is 49.3. The Labute approximate surface area is 388 Å². The molecule has 1 amide bonds. The Morgan fingerprint density at radius 3 is 2.31 bits per heavy atom. The van der Waals surface area contributed by atoms with Crippen LogP contribution in [0.25, 0.3) is 0 Å². The van der Waals surface area contributed by atoms with Crippen molar-refractivity contribution in [1.29, 1.82) is 0 Å². The van der Waals surface area contributed by atoms with Crippen LogP contribution < -0.4 is 19.5 Å².